The van der Waals surface area contributed by atoms with Crippen molar-refractivity contribution in [1.29, 1.82) is 0 Å². The van der Waals surface area contributed by atoms with Gasteiger partial charge in [-0.3, -0.25) is 0 Å². The summed E-state index contributed by atoms with van der Waals surface area (Å²) in [6.45, 7) is 10.7. The second-order valence-corrected chi connectivity index (χ2v) is 2.73. The Labute approximate surface area is 126 Å². The summed E-state index contributed by atoms with van der Waals surface area (Å²) in [5, 5.41) is 0. The van der Waals surface area contributed by atoms with Crippen LogP contribution in [0, 0.1) is 52.0 Å². The second kappa shape index (κ2) is 22.2. The Hall–Kier alpha value is -0.951. The first-order valence-electron chi connectivity index (χ1n) is 4.92. The van der Waals surface area contributed by atoms with E-state index in [-0.39, 0.29) is 17.1 Å². The average Bonchev–Trinajstić information content (AvgIpc) is 3.04. The van der Waals surface area contributed by atoms with Crippen LogP contribution in [-0.4, -0.2) is 7.11 Å². The molecule has 0 N–H and O–H groups in total. The summed E-state index contributed by atoms with van der Waals surface area (Å²) in [6.07, 6.45) is 10.0. The van der Waals surface area contributed by atoms with Crippen molar-refractivity contribution in [3.8, 4) is 0 Å². The molecular weight excluding hydrogens is 284 g/mol. The van der Waals surface area contributed by atoms with Gasteiger partial charge in [-0.1, -0.05) is 12.7 Å². The van der Waals surface area contributed by atoms with Crippen LogP contribution in [0.2, 0.25) is 0 Å². The van der Waals surface area contributed by atoms with E-state index >= 15 is 0 Å². The first kappa shape index (κ1) is 23.2. The molecule has 0 bridgehead atoms. The molecule has 4 heteroatoms. The zero-order chi connectivity index (χ0) is 14.1. The Bertz CT molecular complexity index is 278. The molecule has 0 unspecified atom stereocenters. The standard InChI is InChI=1S/C8H9O.C5H5.2CO.Fe/c1-9-7-8-5-3-2-4-6-8;1-2-4-5-3-1;2*1-2;/h2-7H,1H3;1-5H;;;/q-1;;;;. The maximum atomic E-state index is 7.50. The quantitative estimate of drug-likeness (QED) is 0.470. The molecule has 0 heterocycles. The predicted octanol–water partition coefficient (Wildman–Crippen LogP) is 2.79. The first-order chi connectivity index (χ1) is 8.93. The summed E-state index contributed by atoms with van der Waals surface area (Å²) in [5.74, 6) is 0. The molecular formula is C15H14FeO3-. The third-order valence-electron chi connectivity index (χ3n) is 1.61. The molecule has 0 aliphatic heterocycles. The maximum Gasteiger partial charge on any atom is 0 e. The van der Waals surface area contributed by atoms with Crippen LogP contribution in [-0.2, 0) is 31.1 Å². The zero-order valence-corrected chi connectivity index (χ0v) is 11.5. The van der Waals surface area contributed by atoms with Crippen LogP contribution in [0.15, 0.2) is 30.3 Å². The minimum Gasteiger partial charge on any atom is -0.0312 e. The summed E-state index contributed by atoms with van der Waals surface area (Å²) in [5.41, 5.74) is 1.10. The van der Waals surface area contributed by atoms with Crippen molar-refractivity contribution in [3.05, 3.63) is 87.9 Å². The third kappa shape index (κ3) is 17.0. The van der Waals surface area contributed by atoms with Crippen molar-refractivity contribution >= 4 is 0 Å². The predicted molar refractivity (Wildman–Crippen MR) is 66.2 cm³/mol. The molecule has 1 aliphatic carbocycles. The van der Waals surface area contributed by atoms with E-state index in [2.05, 4.69) is 13.3 Å². The Morgan fingerprint density at radius 2 is 1.21 bits per heavy atom. The van der Waals surface area contributed by atoms with Gasteiger partial charge in [0.15, 0.2) is 0 Å². The van der Waals surface area contributed by atoms with Crippen LogP contribution < -0.4 is 0 Å². The van der Waals surface area contributed by atoms with E-state index in [9.17, 15) is 0 Å². The Morgan fingerprint density at radius 1 is 0.842 bits per heavy atom. The molecule has 3 nitrogen and oxygen atoms in total. The largest absolute Gasteiger partial charge is 0.0312 e. The summed E-state index contributed by atoms with van der Waals surface area (Å²) in [6, 6.07) is 9.91. The van der Waals surface area contributed by atoms with Crippen molar-refractivity contribution in [2.45, 2.75) is 0 Å². The summed E-state index contributed by atoms with van der Waals surface area (Å²) >= 11 is 0. The van der Waals surface area contributed by atoms with Crippen molar-refractivity contribution in [3.63, 3.8) is 0 Å². The van der Waals surface area contributed by atoms with Crippen LogP contribution in [0.1, 0.15) is 5.56 Å². The van der Waals surface area contributed by atoms with Crippen molar-refractivity contribution in [2.75, 3.05) is 7.11 Å². The minimum absolute atomic E-state index is 0. The summed E-state index contributed by atoms with van der Waals surface area (Å²) in [7, 11) is 1.65. The average molecular weight is 298 g/mol. The molecule has 0 saturated heterocycles. The second-order valence-electron chi connectivity index (χ2n) is 2.73. The van der Waals surface area contributed by atoms with Crippen LogP contribution >= 0.6 is 0 Å². The molecule has 19 heavy (non-hydrogen) atoms. The normalized spacial score (nSPS) is 10.8. The van der Waals surface area contributed by atoms with Gasteiger partial charge in [0.05, 0.1) is 0 Å². The Kier molecular flexibility index (Phi) is 27.1. The Morgan fingerprint density at radius 3 is 1.53 bits per heavy atom. The van der Waals surface area contributed by atoms with E-state index in [1.165, 1.54) is 0 Å². The van der Waals surface area contributed by atoms with Gasteiger partial charge < -0.3 is 4.74 Å². The third-order valence-corrected chi connectivity index (χ3v) is 1.61. The fraction of sp³-hybridized carbons (Fsp3) is 0.0667. The van der Waals surface area contributed by atoms with E-state index in [0.29, 0.717) is 0 Å². The fourth-order valence-corrected chi connectivity index (χ4v) is 0.988. The first-order valence-corrected chi connectivity index (χ1v) is 4.92. The van der Waals surface area contributed by atoms with Crippen molar-refractivity contribution in [2.24, 2.45) is 0 Å². The number of hydrogen-bond donors (Lipinski definition) is 0. The molecule has 0 amide bonds. The number of rotatable bonds is 2. The van der Waals surface area contributed by atoms with E-state index in [1.807, 2.05) is 62.4 Å². The molecule has 1 aliphatic rings. The minimum atomic E-state index is 0. The van der Waals surface area contributed by atoms with E-state index in [1.54, 1.807) is 13.7 Å². The molecule has 1 aromatic carbocycles. The van der Waals surface area contributed by atoms with Gasteiger partial charge in [-0.2, -0.15) is 17.7 Å². The van der Waals surface area contributed by atoms with Gasteiger partial charge in [0, 0.05) is 24.2 Å². The molecule has 1 aromatic rings. The number of hydrogen-bond acceptors (Lipinski definition) is 1. The molecule has 0 spiro atoms. The molecule has 5 radical (unpaired) electrons. The zero-order valence-electron chi connectivity index (χ0n) is 10.4. The van der Waals surface area contributed by atoms with Crippen molar-refractivity contribution < 1.29 is 31.1 Å². The topological polar surface area (TPSA) is 49.0 Å². The van der Waals surface area contributed by atoms with Gasteiger partial charge in [-0.15, -0.1) is 12.1 Å². The van der Waals surface area contributed by atoms with E-state index in [0.717, 1.165) is 5.56 Å². The summed E-state index contributed by atoms with van der Waals surface area (Å²) in [4.78, 5) is 0. The molecule has 2 rings (SSSR count). The number of methoxy groups -OCH3 is 1. The molecule has 1 fully saturated rings. The molecule has 0 aromatic heterocycles. The fourth-order valence-electron chi connectivity index (χ4n) is 0.988. The molecule has 1 saturated carbocycles. The number of benzene rings is 1. The van der Waals surface area contributed by atoms with Crippen molar-refractivity contribution in [1.82, 2.24) is 0 Å². The van der Waals surface area contributed by atoms with Gasteiger partial charge in [-0.05, 0) is 32.1 Å². The molecule has 101 valence electrons. The number of ether oxygens (including phenoxy) is 1. The van der Waals surface area contributed by atoms with Crippen LogP contribution in [0.25, 0.3) is 0 Å². The van der Waals surface area contributed by atoms with Crippen LogP contribution in [0.3, 0.4) is 0 Å². The van der Waals surface area contributed by atoms with Gasteiger partial charge in [-0.25, -0.2) is 0 Å². The summed E-state index contributed by atoms with van der Waals surface area (Å²) < 4.78 is 19.8. The van der Waals surface area contributed by atoms with E-state index in [4.69, 9.17) is 14.0 Å². The van der Waals surface area contributed by atoms with Gasteiger partial charge in [0.1, 0.15) is 0 Å². The van der Waals surface area contributed by atoms with E-state index < -0.39 is 0 Å². The van der Waals surface area contributed by atoms with Crippen LogP contribution in [0.4, 0.5) is 0 Å². The monoisotopic (exact) mass is 298 g/mol. The van der Waals surface area contributed by atoms with Crippen LogP contribution in [0.5, 0.6) is 0 Å². The molecule has 0 atom stereocenters. The van der Waals surface area contributed by atoms with Gasteiger partial charge in [0.25, 0.3) is 0 Å². The Balaban J connectivity index is -0.000000220. The maximum absolute atomic E-state index is 7.50. The smallest absolute Gasteiger partial charge is 0 e. The van der Waals surface area contributed by atoms with Gasteiger partial charge >= 0.3 is 22.6 Å². The SMILES string of the molecule is CO[CH-]c1ccccc1.[C-]#[O+].[C-]#[O+].[CH]1[CH][CH][CH][CH]1.[Fe]. The van der Waals surface area contributed by atoms with Gasteiger partial charge in [0.2, 0.25) is 0 Å².